The lowest BCUT2D eigenvalue weighted by Crippen LogP contribution is -2.29. The van der Waals surface area contributed by atoms with Crippen molar-refractivity contribution in [3.8, 4) is 17.2 Å². The third-order valence-electron chi connectivity index (χ3n) is 7.31. The summed E-state index contributed by atoms with van der Waals surface area (Å²) in [5, 5.41) is 11.8. The van der Waals surface area contributed by atoms with Gasteiger partial charge >= 0.3 is 11.9 Å². The molecule has 1 aliphatic heterocycles. The molecule has 0 saturated carbocycles. The Hall–Kier alpha value is -5.16. The zero-order valence-corrected chi connectivity index (χ0v) is 26.3. The topological polar surface area (TPSA) is 124 Å². The second-order valence-corrected chi connectivity index (χ2v) is 11.1. The lowest BCUT2D eigenvalue weighted by Gasteiger charge is -2.24. The minimum absolute atomic E-state index is 0.109. The van der Waals surface area contributed by atoms with Gasteiger partial charge in [-0.1, -0.05) is 47.7 Å². The van der Waals surface area contributed by atoms with E-state index in [0.29, 0.717) is 40.7 Å². The summed E-state index contributed by atoms with van der Waals surface area (Å²) in [6, 6.07) is 18.6. The normalized spacial score (nSPS) is 15.7. The molecule has 45 heavy (non-hydrogen) atoms. The maximum Gasteiger partial charge on any atom is 0.350 e. The molecule has 0 radical (unpaired) electrons. The van der Waals surface area contributed by atoms with Gasteiger partial charge in [-0.05, 0) is 67.8 Å². The highest BCUT2D eigenvalue weighted by Crippen LogP contribution is 2.45. The number of anilines is 1. The molecule has 10 nitrogen and oxygen atoms in total. The monoisotopic (exact) mass is 628 g/mol. The molecular formula is C34H32N2O8S. The lowest BCUT2D eigenvalue weighted by molar-refractivity contribution is -0.132. The molecule has 2 heterocycles. The fraction of sp³-hybridized carbons (Fsp3) is 0.235. The van der Waals surface area contributed by atoms with E-state index in [1.807, 2.05) is 37.3 Å². The number of ketones is 1. The number of Topliss-reactive ketones (excluding diaryl/α,β-unsaturated/α-hetero) is 1. The first-order valence-corrected chi connectivity index (χ1v) is 14.9. The Kier molecular flexibility index (Phi) is 9.19. The van der Waals surface area contributed by atoms with E-state index in [4.69, 9.17) is 18.9 Å². The number of carbonyl (C=O) groups excluding carboxylic acids is 3. The van der Waals surface area contributed by atoms with E-state index < -0.39 is 23.7 Å². The van der Waals surface area contributed by atoms with Crippen molar-refractivity contribution in [2.45, 2.75) is 33.4 Å². The van der Waals surface area contributed by atoms with Crippen molar-refractivity contribution in [3.63, 3.8) is 0 Å². The molecule has 5 rings (SSSR count). The van der Waals surface area contributed by atoms with Gasteiger partial charge in [-0.3, -0.25) is 14.5 Å². The Labute approximate surface area is 264 Å². The fourth-order valence-corrected chi connectivity index (χ4v) is 6.08. The zero-order chi connectivity index (χ0) is 32.2. The van der Waals surface area contributed by atoms with Gasteiger partial charge in [0.25, 0.3) is 5.78 Å². The Morgan fingerprint density at radius 3 is 2.33 bits per heavy atom. The van der Waals surface area contributed by atoms with Crippen LogP contribution in [0.3, 0.4) is 0 Å². The molecule has 1 unspecified atom stereocenters. The summed E-state index contributed by atoms with van der Waals surface area (Å²) < 4.78 is 22.0. The second-order valence-electron chi connectivity index (χ2n) is 10.2. The quantitative estimate of drug-likeness (QED) is 0.0952. The summed E-state index contributed by atoms with van der Waals surface area (Å²) in [6.45, 7) is 5.67. The number of methoxy groups -OCH3 is 2. The van der Waals surface area contributed by atoms with Crippen molar-refractivity contribution >= 4 is 39.9 Å². The third-order valence-corrected chi connectivity index (χ3v) is 8.44. The summed E-state index contributed by atoms with van der Waals surface area (Å²) in [6.07, 6.45) is 0. The van der Waals surface area contributed by atoms with Crippen molar-refractivity contribution in [1.29, 1.82) is 0 Å². The predicted octanol–water partition coefficient (Wildman–Crippen LogP) is 6.16. The highest BCUT2D eigenvalue weighted by atomic mass is 32.1. The number of thiazole rings is 1. The molecule has 1 aromatic heterocycles. The number of aromatic nitrogens is 1. The van der Waals surface area contributed by atoms with Crippen molar-refractivity contribution in [2.75, 3.05) is 25.7 Å². The molecule has 232 valence electrons. The highest BCUT2D eigenvalue weighted by Gasteiger charge is 2.48. The van der Waals surface area contributed by atoms with Gasteiger partial charge in [-0.2, -0.15) is 0 Å². The summed E-state index contributed by atoms with van der Waals surface area (Å²) in [5.41, 5.74) is 2.71. The summed E-state index contributed by atoms with van der Waals surface area (Å²) >= 11 is 0.935. The molecule has 1 atom stereocenters. The number of hydrogen-bond acceptors (Lipinski definition) is 10. The molecule has 11 heteroatoms. The number of amides is 1. The highest BCUT2D eigenvalue weighted by molar-refractivity contribution is 7.17. The number of nitrogens with zero attached hydrogens (tertiary/aromatic N) is 2. The van der Waals surface area contributed by atoms with E-state index in [1.54, 1.807) is 50.2 Å². The van der Waals surface area contributed by atoms with E-state index >= 15 is 0 Å². The number of benzene rings is 3. The van der Waals surface area contributed by atoms with Crippen LogP contribution in [0.1, 0.15) is 50.6 Å². The van der Waals surface area contributed by atoms with E-state index in [-0.39, 0.29) is 27.9 Å². The molecule has 3 aromatic carbocycles. The maximum atomic E-state index is 13.7. The van der Waals surface area contributed by atoms with Gasteiger partial charge in [0.2, 0.25) is 0 Å². The average Bonchev–Trinajstić information content (AvgIpc) is 3.56. The van der Waals surface area contributed by atoms with Gasteiger partial charge in [0.15, 0.2) is 16.6 Å². The van der Waals surface area contributed by atoms with Crippen LogP contribution >= 0.6 is 11.3 Å². The molecule has 0 spiro atoms. The minimum atomic E-state index is -1.10. The van der Waals surface area contributed by atoms with E-state index in [9.17, 15) is 19.5 Å². The molecule has 1 amide bonds. The van der Waals surface area contributed by atoms with Crippen LogP contribution in [0.5, 0.6) is 17.2 Å². The summed E-state index contributed by atoms with van der Waals surface area (Å²) in [7, 11) is 2.97. The second kappa shape index (κ2) is 13.2. The van der Waals surface area contributed by atoms with Crippen LogP contribution in [0, 0.1) is 13.8 Å². The molecule has 4 aromatic rings. The Morgan fingerprint density at radius 1 is 0.956 bits per heavy atom. The first-order chi connectivity index (χ1) is 21.7. The van der Waals surface area contributed by atoms with Crippen LogP contribution in [0.2, 0.25) is 0 Å². The van der Waals surface area contributed by atoms with Gasteiger partial charge < -0.3 is 24.1 Å². The van der Waals surface area contributed by atoms with Crippen molar-refractivity contribution in [3.05, 3.63) is 105 Å². The van der Waals surface area contributed by atoms with Gasteiger partial charge in [-0.15, -0.1) is 0 Å². The molecule has 1 aliphatic rings. The average molecular weight is 629 g/mol. The van der Waals surface area contributed by atoms with E-state index in [1.165, 1.54) is 19.1 Å². The first-order valence-electron chi connectivity index (χ1n) is 14.1. The van der Waals surface area contributed by atoms with Crippen LogP contribution in [0.15, 0.2) is 72.3 Å². The predicted molar refractivity (Wildman–Crippen MR) is 169 cm³/mol. The van der Waals surface area contributed by atoms with Gasteiger partial charge in [0.1, 0.15) is 23.0 Å². The molecule has 1 N–H and O–H groups in total. The Bertz CT molecular complexity index is 1800. The largest absolute Gasteiger partial charge is 0.507 e. The number of aliphatic hydroxyl groups excluding tert-OH is 1. The van der Waals surface area contributed by atoms with Crippen LogP contribution in [-0.2, 0) is 20.9 Å². The number of aliphatic hydroxyl groups is 1. The van der Waals surface area contributed by atoms with E-state index in [0.717, 1.165) is 22.5 Å². The molecule has 0 aliphatic carbocycles. The van der Waals surface area contributed by atoms with Crippen LogP contribution in [0.25, 0.3) is 5.76 Å². The van der Waals surface area contributed by atoms with Crippen LogP contribution < -0.4 is 19.1 Å². The zero-order valence-electron chi connectivity index (χ0n) is 25.5. The minimum Gasteiger partial charge on any atom is -0.507 e. The summed E-state index contributed by atoms with van der Waals surface area (Å²) in [5.74, 6) is -1.35. The van der Waals surface area contributed by atoms with Crippen molar-refractivity contribution in [1.82, 2.24) is 4.98 Å². The van der Waals surface area contributed by atoms with Crippen molar-refractivity contribution in [2.24, 2.45) is 0 Å². The summed E-state index contributed by atoms with van der Waals surface area (Å²) in [4.78, 5) is 45.8. The van der Waals surface area contributed by atoms with Gasteiger partial charge in [0, 0.05) is 5.56 Å². The van der Waals surface area contributed by atoms with Crippen LogP contribution in [0.4, 0.5) is 5.13 Å². The van der Waals surface area contributed by atoms with Gasteiger partial charge in [0.05, 0.1) is 38.1 Å². The molecule has 1 fully saturated rings. The molecule has 0 bridgehead atoms. The first kappa shape index (κ1) is 31.3. The number of carbonyl (C=O) groups is 3. The standard InChI is InChI=1S/C34H32N2O8S/c1-6-43-33(40)31-20(3)35-34(45-31)36-28(22-12-15-25(41-4)26(17-22)42-5)27(30(38)32(36)39)29(37)23-13-14-24(19(2)16-23)44-18-21-10-8-7-9-11-21/h7-17,28,37H,6,18H2,1-5H3/b29-27-. The SMILES string of the molecule is CCOC(=O)c1sc(N2C(=O)C(=O)/C(=C(\O)c3ccc(OCc4ccccc4)c(C)c3)C2c2ccc(OC)c(OC)c2)nc1C. The van der Waals surface area contributed by atoms with Crippen molar-refractivity contribution < 1.29 is 38.4 Å². The Morgan fingerprint density at radius 2 is 1.67 bits per heavy atom. The smallest absolute Gasteiger partial charge is 0.350 e. The number of hydrogen-bond donors (Lipinski definition) is 1. The fourth-order valence-electron chi connectivity index (χ4n) is 5.09. The Balaban J connectivity index is 1.61. The molecular weight excluding hydrogens is 596 g/mol. The number of aryl methyl sites for hydroxylation is 2. The third kappa shape index (κ3) is 6.12. The van der Waals surface area contributed by atoms with Gasteiger partial charge in [-0.25, -0.2) is 9.78 Å². The lowest BCUT2D eigenvalue weighted by atomic mass is 9.94. The molecule has 1 saturated heterocycles. The number of rotatable bonds is 10. The van der Waals surface area contributed by atoms with Crippen LogP contribution in [-0.4, -0.2) is 48.6 Å². The maximum absolute atomic E-state index is 13.7. The number of esters is 1. The number of ether oxygens (including phenoxy) is 4. The van der Waals surface area contributed by atoms with E-state index in [2.05, 4.69) is 4.98 Å².